The van der Waals surface area contributed by atoms with E-state index in [1.165, 1.54) is 0 Å². The fraction of sp³-hybridized carbons (Fsp3) is 0.235. The summed E-state index contributed by atoms with van der Waals surface area (Å²) in [4.78, 5) is 12.3. The number of hydrogen-bond donors (Lipinski definition) is 2. The van der Waals surface area contributed by atoms with E-state index in [2.05, 4.69) is 10.6 Å². The Morgan fingerprint density at radius 3 is 2.17 bits per heavy atom. The molecule has 0 aromatic heterocycles. The second kappa shape index (κ2) is 8.02. The molecule has 0 fully saturated rings. The third kappa shape index (κ3) is 5.11. The quantitative estimate of drug-likeness (QED) is 0.746. The molecule has 1 amide bonds. The second-order valence-corrected chi connectivity index (χ2v) is 6.56. The topological polar surface area (TPSA) is 41.1 Å². The average Bonchev–Trinajstić information content (AvgIpc) is 2.50. The van der Waals surface area contributed by atoms with E-state index in [1.54, 1.807) is 25.1 Å². The van der Waals surface area contributed by atoms with Crippen LogP contribution in [0.15, 0.2) is 42.5 Å². The minimum absolute atomic E-state index is 0.00806. The monoisotopic (exact) mass is 370 g/mol. The zero-order valence-corrected chi connectivity index (χ0v) is 15.0. The maximum absolute atomic E-state index is 12.3. The van der Waals surface area contributed by atoms with Crippen LogP contribution in [0.4, 0.5) is 5.69 Å². The molecular formula is C17H17Cl3N2O. The Balaban J connectivity index is 1.98. The third-order valence-corrected chi connectivity index (χ3v) is 4.25. The van der Waals surface area contributed by atoms with Crippen molar-refractivity contribution >= 4 is 46.4 Å². The van der Waals surface area contributed by atoms with Crippen molar-refractivity contribution in [3.05, 3.63) is 63.1 Å². The summed E-state index contributed by atoms with van der Waals surface area (Å²) >= 11 is 17.8. The van der Waals surface area contributed by atoms with Crippen molar-refractivity contribution in [3.63, 3.8) is 0 Å². The highest BCUT2D eigenvalue weighted by atomic mass is 35.5. The van der Waals surface area contributed by atoms with Gasteiger partial charge in [-0.1, -0.05) is 46.9 Å². The molecule has 2 N–H and O–H groups in total. The van der Waals surface area contributed by atoms with Crippen LogP contribution in [-0.2, 0) is 4.79 Å². The lowest BCUT2D eigenvalue weighted by molar-refractivity contribution is -0.117. The van der Waals surface area contributed by atoms with E-state index in [4.69, 9.17) is 34.8 Å². The molecule has 0 heterocycles. The molecule has 0 aliphatic rings. The van der Waals surface area contributed by atoms with E-state index in [9.17, 15) is 4.79 Å². The van der Waals surface area contributed by atoms with Crippen LogP contribution in [-0.4, -0.2) is 11.9 Å². The number of benzene rings is 2. The lowest BCUT2D eigenvalue weighted by Gasteiger charge is -2.20. The van der Waals surface area contributed by atoms with E-state index in [0.29, 0.717) is 20.8 Å². The lowest BCUT2D eigenvalue weighted by Crippen LogP contribution is -2.39. The number of amides is 1. The highest BCUT2D eigenvalue weighted by molar-refractivity contribution is 6.36. The summed E-state index contributed by atoms with van der Waals surface area (Å²) in [5.41, 5.74) is 1.59. The van der Waals surface area contributed by atoms with Crippen molar-refractivity contribution in [1.82, 2.24) is 5.32 Å². The Bertz CT molecular complexity index is 689. The predicted molar refractivity (Wildman–Crippen MR) is 97.6 cm³/mol. The average molecular weight is 372 g/mol. The SMILES string of the molecule is C[C@H](N[C@@H](C)c1ccc(Cl)cc1)C(=O)Nc1ccc(Cl)cc1Cl. The molecule has 0 unspecified atom stereocenters. The molecule has 6 heteroatoms. The van der Waals surface area contributed by atoms with Gasteiger partial charge in [-0.25, -0.2) is 0 Å². The molecule has 0 aliphatic carbocycles. The molecule has 3 nitrogen and oxygen atoms in total. The maximum atomic E-state index is 12.3. The van der Waals surface area contributed by atoms with E-state index < -0.39 is 6.04 Å². The Labute approximate surface area is 150 Å². The molecule has 2 aromatic carbocycles. The minimum atomic E-state index is -0.396. The van der Waals surface area contributed by atoms with Gasteiger partial charge in [-0.2, -0.15) is 0 Å². The van der Waals surface area contributed by atoms with Crippen LogP contribution in [0.25, 0.3) is 0 Å². The molecule has 0 spiro atoms. The molecule has 2 aromatic rings. The molecule has 0 radical (unpaired) electrons. The second-order valence-electron chi connectivity index (χ2n) is 5.28. The van der Waals surface area contributed by atoms with Crippen LogP contribution in [0.3, 0.4) is 0 Å². The van der Waals surface area contributed by atoms with Gasteiger partial charge in [0.1, 0.15) is 0 Å². The van der Waals surface area contributed by atoms with Crippen LogP contribution in [0, 0.1) is 0 Å². The minimum Gasteiger partial charge on any atom is -0.323 e. The lowest BCUT2D eigenvalue weighted by atomic mass is 10.1. The van der Waals surface area contributed by atoms with E-state index >= 15 is 0 Å². The fourth-order valence-corrected chi connectivity index (χ4v) is 2.71. The van der Waals surface area contributed by atoms with Gasteiger partial charge in [0.25, 0.3) is 0 Å². The van der Waals surface area contributed by atoms with Crippen molar-refractivity contribution in [2.24, 2.45) is 0 Å². The first-order valence-corrected chi connectivity index (χ1v) is 8.27. The Kier molecular flexibility index (Phi) is 6.31. The van der Waals surface area contributed by atoms with Gasteiger partial charge in [0.05, 0.1) is 16.8 Å². The summed E-state index contributed by atoms with van der Waals surface area (Å²) in [5.74, 6) is -0.171. The fourth-order valence-electron chi connectivity index (χ4n) is 2.13. The summed E-state index contributed by atoms with van der Waals surface area (Å²) in [6, 6.07) is 12.1. The predicted octanol–water partition coefficient (Wildman–Crippen LogP) is 5.32. The zero-order valence-electron chi connectivity index (χ0n) is 12.7. The molecule has 23 heavy (non-hydrogen) atoms. The van der Waals surface area contributed by atoms with Gasteiger partial charge in [0.2, 0.25) is 5.91 Å². The van der Waals surface area contributed by atoms with E-state index in [-0.39, 0.29) is 11.9 Å². The van der Waals surface area contributed by atoms with Crippen molar-refractivity contribution in [1.29, 1.82) is 0 Å². The number of rotatable bonds is 5. The first kappa shape index (κ1) is 18.1. The maximum Gasteiger partial charge on any atom is 0.241 e. The van der Waals surface area contributed by atoms with E-state index in [0.717, 1.165) is 5.56 Å². The molecule has 0 bridgehead atoms. The smallest absolute Gasteiger partial charge is 0.241 e. The summed E-state index contributed by atoms with van der Waals surface area (Å²) < 4.78 is 0. The number of anilines is 1. The molecule has 2 rings (SSSR count). The highest BCUT2D eigenvalue weighted by Crippen LogP contribution is 2.25. The number of nitrogens with one attached hydrogen (secondary N) is 2. The Hall–Kier alpha value is -1.26. The summed E-state index contributed by atoms with van der Waals surface area (Å²) in [5, 5.41) is 7.65. The van der Waals surface area contributed by atoms with Gasteiger partial charge >= 0.3 is 0 Å². The van der Waals surface area contributed by atoms with Crippen molar-refractivity contribution in [3.8, 4) is 0 Å². The molecule has 0 saturated carbocycles. The highest BCUT2D eigenvalue weighted by Gasteiger charge is 2.17. The van der Waals surface area contributed by atoms with Gasteiger partial charge < -0.3 is 5.32 Å². The van der Waals surface area contributed by atoms with E-state index in [1.807, 2.05) is 31.2 Å². The van der Waals surface area contributed by atoms with Gasteiger partial charge in [-0.15, -0.1) is 0 Å². The van der Waals surface area contributed by atoms with Gasteiger partial charge in [0.15, 0.2) is 0 Å². The van der Waals surface area contributed by atoms with Crippen LogP contribution in [0.2, 0.25) is 15.1 Å². The number of halogens is 3. The van der Waals surface area contributed by atoms with Crippen LogP contribution in [0.5, 0.6) is 0 Å². The summed E-state index contributed by atoms with van der Waals surface area (Å²) in [6.45, 7) is 3.79. The van der Waals surface area contributed by atoms with Crippen LogP contribution in [0.1, 0.15) is 25.5 Å². The van der Waals surface area contributed by atoms with Gasteiger partial charge in [0, 0.05) is 16.1 Å². The third-order valence-electron chi connectivity index (χ3n) is 3.45. The Morgan fingerprint density at radius 1 is 0.957 bits per heavy atom. The van der Waals surface area contributed by atoms with Gasteiger partial charge in [-0.3, -0.25) is 10.1 Å². The largest absolute Gasteiger partial charge is 0.323 e. The van der Waals surface area contributed by atoms with Gasteiger partial charge in [-0.05, 0) is 49.7 Å². The normalized spacial score (nSPS) is 13.4. The number of carbonyl (C=O) groups excluding carboxylic acids is 1. The van der Waals surface area contributed by atoms with Crippen molar-refractivity contribution < 1.29 is 4.79 Å². The van der Waals surface area contributed by atoms with Crippen molar-refractivity contribution in [2.75, 3.05) is 5.32 Å². The standard InChI is InChI=1S/C17H17Cl3N2O/c1-10(12-3-5-13(18)6-4-12)21-11(2)17(23)22-16-8-7-14(19)9-15(16)20/h3-11,21H,1-2H3,(H,22,23)/t10-,11-/m0/s1. The zero-order chi connectivity index (χ0) is 17.0. The van der Waals surface area contributed by atoms with Crippen LogP contribution < -0.4 is 10.6 Å². The molecule has 2 atom stereocenters. The van der Waals surface area contributed by atoms with Crippen LogP contribution >= 0.6 is 34.8 Å². The molecule has 122 valence electrons. The molecule has 0 saturated heterocycles. The number of hydrogen-bond acceptors (Lipinski definition) is 2. The van der Waals surface area contributed by atoms with Crippen molar-refractivity contribution in [2.45, 2.75) is 25.9 Å². The first-order chi connectivity index (χ1) is 10.9. The first-order valence-electron chi connectivity index (χ1n) is 7.14. The summed E-state index contributed by atoms with van der Waals surface area (Å²) in [6.07, 6.45) is 0. The molecular weight excluding hydrogens is 355 g/mol. The Morgan fingerprint density at radius 2 is 1.57 bits per heavy atom. The number of carbonyl (C=O) groups is 1. The summed E-state index contributed by atoms with van der Waals surface area (Å²) in [7, 11) is 0. The molecule has 0 aliphatic heterocycles.